The van der Waals surface area contributed by atoms with Crippen LogP contribution in [0, 0.1) is 13.8 Å². The van der Waals surface area contributed by atoms with Crippen molar-refractivity contribution in [2.75, 3.05) is 69.5 Å². The maximum atomic E-state index is 12.9. The van der Waals surface area contributed by atoms with Gasteiger partial charge in [-0.3, -0.25) is 38.7 Å². The molecule has 5 N–H and O–H groups in total. The van der Waals surface area contributed by atoms with Gasteiger partial charge in [-0.1, -0.05) is 0 Å². The highest BCUT2D eigenvalue weighted by Gasteiger charge is 2.20. The zero-order valence-electron chi connectivity index (χ0n) is 27.8. The lowest BCUT2D eigenvalue weighted by Crippen LogP contribution is -2.46. The molecule has 0 unspecified atom stereocenters. The van der Waals surface area contributed by atoms with E-state index in [4.69, 9.17) is 8.83 Å². The van der Waals surface area contributed by atoms with Crippen molar-refractivity contribution in [3.05, 3.63) is 80.5 Å². The summed E-state index contributed by atoms with van der Waals surface area (Å²) in [7, 11) is 0. The number of carboxylic acids is 3. The first kappa shape index (κ1) is 37.9. The number of rotatable bonds is 18. The number of hydrogen-bond acceptors (Lipinski definition) is 12. The molecule has 4 aromatic rings. The molecule has 0 fully saturated rings. The van der Waals surface area contributed by atoms with Gasteiger partial charge in [0, 0.05) is 72.6 Å². The van der Waals surface area contributed by atoms with Gasteiger partial charge in [0.25, 0.3) is 0 Å². The van der Waals surface area contributed by atoms with Crippen LogP contribution in [0.1, 0.15) is 11.1 Å². The zero-order chi connectivity index (χ0) is 37.2. The molecule has 17 heteroatoms. The van der Waals surface area contributed by atoms with E-state index < -0.39 is 60.6 Å². The van der Waals surface area contributed by atoms with Crippen molar-refractivity contribution in [1.29, 1.82) is 0 Å². The van der Waals surface area contributed by atoms with Gasteiger partial charge in [0.05, 0.1) is 32.7 Å². The van der Waals surface area contributed by atoms with Crippen molar-refractivity contribution in [3.8, 4) is 0 Å². The second-order valence-electron chi connectivity index (χ2n) is 11.9. The van der Waals surface area contributed by atoms with Gasteiger partial charge in [-0.15, -0.1) is 0 Å². The van der Waals surface area contributed by atoms with Gasteiger partial charge >= 0.3 is 29.2 Å². The van der Waals surface area contributed by atoms with Crippen LogP contribution in [-0.2, 0) is 24.0 Å². The molecular formula is C34H37N5O12. The topological polar surface area (TPSA) is 240 Å². The van der Waals surface area contributed by atoms with E-state index in [1.54, 1.807) is 38.1 Å². The van der Waals surface area contributed by atoms with E-state index in [9.17, 15) is 48.9 Å². The molecular weight excluding hydrogens is 670 g/mol. The summed E-state index contributed by atoms with van der Waals surface area (Å²) >= 11 is 0. The molecule has 17 nitrogen and oxygen atoms in total. The number of amides is 2. The molecule has 2 heterocycles. The van der Waals surface area contributed by atoms with Crippen LogP contribution in [0.5, 0.6) is 0 Å². The van der Waals surface area contributed by atoms with E-state index in [1.165, 1.54) is 39.0 Å². The predicted octanol–water partition coefficient (Wildman–Crippen LogP) is 1.25. The minimum atomic E-state index is -1.22. The first-order valence-corrected chi connectivity index (χ1v) is 15.7. The van der Waals surface area contributed by atoms with Crippen molar-refractivity contribution >= 4 is 63.0 Å². The molecule has 2 amide bonds. The molecule has 270 valence electrons. The Bertz CT molecular complexity index is 1940. The van der Waals surface area contributed by atoms with Gasteiger partial charge in [-0.05, 0) is 49.2 Å². The van der Waals surface area contributed by atoms with Gasteiger partial charge in [0.2, 0.25) is 11.8 Å². The summed E-state index contributed by atoms with van der Waals surface area (Å²) in [6.07, 6.45) is 0. The third-order valence-corrected chi connectivity index (χ3v) is 7.75. The van der Waals surface area contributed by atoms with Gasteiger partial charge in [0.1, 0.15) is 11.2 Å². The molecule has 0 atom stereocenters. The summed E-state index contributed by atoms with van der Waals surface area (Å²) < 4.78 is 10.4. The first-order chi connectivity index (χ1) is 24.1. The van der Waals surface area contributed by atoms with Gasteiger partial charge in [0.15, 0.2) is 0 Å². The Morgan fingerprint density at radius 3 is 1.27 bits per heavy atom. The summed E-state index contributed by atoms with van der Waals surface area (Å²) in [5.74, 6) is -4.79. The fraction of sp³-hybridized carbons (Fsp3) is 0.324. The van der Waals surface area contributed by atoms with Gasteiger partial charge in [-0.25, -0.2) is 9.59 Å². The number of carbonyl (C=O) groups excluding carboxylic acids is 2. The monoisotopic (exact) mass is 707 g/mol. The number of aryl methyl sites for hydroxylation is 2. The Morgan fingerprint density at radius 2 is 0.902 bits per heavy atom. The van der Waals surface area contributed by atoms with Crippen LogP contribution < -0.4 is 21.9 Å². The SMILES string of the molecule is Cc1cc(=O)oc2cc(NC(=O)CN(CCN(CCN(CC(=O)O)CC(=O)Nc3ccc4c(C)cc(=O)oc4c3)CC(=O)O)CC(=O)O)ccc12. The molecule has 2 aromatic heterocycles. The number of anilines is 2. The highest BCUT2D eigenvalue weighted by Crippen LogP contribution is 2.22. The van der Waals surface area contributed by atoms with Gasteiger partial charge < -0.3 is 34.8 Å². The normalized spacial score (nSPS) is 11.4. The summed E-state index contributed by atoms with van der Waals surface area (Å²) in [5, 5.41) is 35.0. The fourth-order valence-electron chi connectivity index (χ4n) is 5.45. The summed E-state index contributed by atoms with van der Waals surface area (Å²) in [6.45, 7) is 1.07. The van der Waals surface area contributed by atoms with E-state index in [1.807, 2.05) is 0 Å². The maximum Gasteiger partial charge on any atom is 0.336 e. The molecule has 0 saturated carbocycles. The average Bonchev–Trinajstić information content (AvgIpc) is 3.00. The van der Waals surface area contributed by atoms with Crippen molar-refractivity contribution < 1.29 is 48.1 Å². The third-order valence-electron chi connectivity index (χ3n) is 7.75. The van der Waals surface area contributed by atoms with Crippen molar-refractivity contribution in [3.63, 3.8) is 0 Å². The molecule has 0 aliphatic heterocycles. The average molecular weight is 708 g/mol. The smallest absolute Gasteiger partial charge is 0.336 e. The number of aliphatic carboxylic acids is 3. The molecule has 4 rings (SSSR count). The second-order valence-corrected chi connectivity index (χ2v) is 11.9. The van der Waals surface area contributed by atoms with Crippen LogP contribution in [0.2, 0.25) is 0 Å². The maximum absolute atomic E-state index is 12.9. The van der Waals surface area contributed by atoms with Crippen LogP contribution in [0.15, 0.2) is 67.0 Å². The Kier molecular flexibility index (Phi) is 12.7. The lowest BCUT2D eigenvalue weighted by Gasteiger charge is -2.28. The predicted molar refractivity (Wildman–Crippen MR) is 184 cm³/mol. The molecule has 51 heavy (non-hydrogen) atoms. The van der Waals surface area contributed by atoms with Crippen molar-refractivity contribution in [2.24, 2.45) is 0 Å². The molecule has 0 aliphatic carbocycles. The largest absolute Gasteiger partial charge is 0.480 e. The standard InChI is InChI=1S/C34H37N5O12/c1-20-11-33(48)50-26-13-22(3-5-24(20)26)35-28(40)15-38(18-31(44)45)9-7-37(17-30(42)43)8-10-39(19-32(46)47)16-29(41)36-23-4-6-25-21(2)12-34(49)51-27(25)14-23/h3-6,11-14H,7-10,15-19H2,1-2H3,(H,35,40)(H,36,41)(H,42,43)(H,44,45)(H,46,47). The van der Waals surface area contributed by atoms with Crippen LogP contribution >= 0.6 is 0 Å². The molecule has 0 saturated heterocycles. The third kappa shape index (κ3) is 11.6. The molecule has 0 bridgehead atoms. The Balaban J connectivity index is 1.37. The zero-order valence-corrected chi connectivity index (χ0v) is 27.8. The Hall–Kier alpha value is -5.91. The van der Waals surface area contributed by atoms with E-state index in [0.717, 1.165) is 0 Å². The summed E-state index contributed by atoms with van der Waals surface area (Å²) in [6, 6.07) is 12.2. The summed E-state index contributed by atoms with van der Waals surface area (Å²) in [4.78, 5) is 88.1. The lowest BCUT2D eigenvalue weighted by atomic mass is 10.1. The van der Waals surface area contributed by atoms with E-state index >= 15 is 0 Å². The minimum Gasteiger partial charge on any atom is -0.480 e. The Morgan fingerprint density at radius 1 is 0.549 bits per heavy atom. The van der Waals surface area contributed by atoms with E-state index in [2.05, 4.69) is 10.6 Å². The van der Waals surface area contributed by atoms with Crippen LogP contribution in [0.4, 0.5) is 11.4 Å². The quantitative estimate of drug-likeness (QED) is 0.0915. The Labute approximate surface area is 289 Å². The number of nitrogens with one attached hydrogen (secondary N) is 2. The molecule has 2 aromatic carbocycles. The first-order valence-electron chi connectivity index (χ1n) is 15.7. The van der Waals surface area contributed by atoms with Crippen LogP contribution in [0.3, 0.4) is 0 Å². The lowest BCUT2D eigenvalue weighted by molar-refractivity contribution is -0.140. The number of carboxylic acid groups (broad SMARTS) is 3. The number of nitrogens with zero attached hydrogens (tertiary/aromatic N) is 3. The second kappa shape index (κ2) is 17.1. The van der Waals surface area contributed by atoms with E-state index in [-0.39, 0.29) is 50.4 Å². The van der Waals surface area contributed by atoms with Crippen LogP contribution in [0.25, 0.3) is 21.9 Å². The van der Waals surface area contributed by atoms with Crippen LogP contribution in [-0.4, -0.2) is 119 Å². The molecule has 0 spiro atoms. The van der Waals surface area contributed by atoms with Gasteiger partial charge in [-0.2, -0.15) is 0 Å². The van der Waals surface area contributed by atoms with E-state index in [0.29, 0.717) is 33.3 Å². The summed E-state index contributed by atoms with van der Waals surface area (Å²) in [5.41, 5.74) is 1.44. The number of carbonyl (C=O) groups is 5. The molecule has 0 radical (unpaired) electrons. The molecule has 0 aliphatic rings. The number of fused-ring (bicyclic) bond motifs is 2. The van der Waals surface area contributed by atoms with Crippen molar-refractivity contribution in [2.45, 2.75) is 13.8 Å². The minimum absolute atomic E-state index is 0.0118. The fourth-order valence-corrected chi connectivity index (χ4v) is 5.45. The highest BCUT2D eigenvalue weighted by molar-refractivity contribution is 5.96. The highest BCUT2D eigenvalue weighted by atomic mass is 16.4. The number of benzene rings is 2. The van der Waals surface area contributed by atoms with Crippen molar-refractivity contribution in [1.82, 2.24) is 14.7 Å². The number of hydrogen-bond donors (Lipinski definition) is 5.